The summed E-state index contributed by atoms with van der Waals surface area (Å²) in [6, 6.07) is 14.0. The first-order valence-electron chi connectivity index (χ1n) is 5.58. The maximum Gasteiger partial charge on any atom is 0.294 e. The van der Waals surface area contributed by atoms with Gasteiger partial charge in [-0.2, -0.15) is 0 Å². The number of benzene rings is 2. The van der Waals surface area contributed by atoms with Crippen molar-refractivity contribution in [3.8, 4) is 0 Å². The van der Waals surface area contributed by atoms with E-state index < -0.39 is 0 Å². The molecule has 0 atom stereocenters. The Hall–Kier alpha value is -2.62. The molecule has 2 aromatic carbocycles. The van der Waals surface area contributed by atoms with Gasteiger partial charge >= 0.3 is 0 Å². The molecule has 1 heterocycles. The fourth-order valence-electron chi connectivity index (χ4n) is 1.98. The predicted octanol–water partition coefficient (Wildman–Crippen LogP) is 3.61. The van der Waals surface area contributed by atoms with Crippen molar-refractivity contribution in [3.05, 3.63) is 70.1 Å². The van der Waals surface area contributed by atoms with Crippen molar-refractivity contribution in [1.29, 1.82) is 0 Å². The van der Waals surface area contributed by atoms with Crippen LogP contribution in [0.2, 0.25) is 0 Å². The van der Waals surface area contributed by atoms with Gasteiger partial charge in [0.25, 0.3) is 11.4 Å². The highest BCUT2D eigenvalue weighted by Crippen LogP contribution is 2.28. The summed E-state index contributed by atoms with van der Waals surface area (Å²) in [5, 5.41) is 24.1. The van der Waals surface area contributed by atoms with Gasteiger partial charge in [0.1, 0.15) is 0 Å². The molecule has 0 spiro atoms. The predicted molar refractivity (Wildman–Crippen MR) is 68.4 cm³/mol. The van der Waals surface area contributed by atoms with Crippen LogP contribution < -0.4 is 0 Å². The third-order valence-corrected chi connectivity index (χ3v) is 2.89. The summed E-state index contributed by atoms with van der Waals surface area (Å²) in [6.07, 6.45) is 3.68. The fourth-order valence-corrected chi connectivity index (χ4v) is 1.98. The van der Waals surface area contributed by atoms with Crippen LogP contribution in [0.4, 0.5) is 11.4 Å². The highest BCUT2D eigenvalue weighted by atomic mass is 16.6. The number of fused-ring (bicyclic) bond motifs is 2. The average molecular weight is 238 g/mol. The van der Waals surface area contributed by atoms with Crippen molar-refractivity contribution in [2.24, 2.45) is 0 Å². The second-order valence-electron chi connectivity index (χ2n) is 4.00. The van der Waals surface area contributed by atoms with Gasteiger partial charge in [0.05, 0.1) is 20.8 Å². The fraction of sp³-hybridized carbons (Fsp3) is 0. The maximum absolute atomic E-state index is 12.0. The Labute approximate surface area is 104 Å². The number of nitrogens with zero attached hydrogens (tertiary/aromatic N) is 2. The molecule has 4 heteroatoms. The Morgan fingerprint density at radius 2 is 1.00 bits per heavy atom. The molecule has 0 aromatic heterocycles. The molecule has 0 saturated carbocycles. The highest BCUT2D eigenvalue weighted by Gasteiger charge is 2.22. The Balaban J connectivity index is 2.33. The molecule has 0 amide bonds. The summed E-state index contributed by atoms with van der Waals surface area (Å²) in [6.45, 7) is 0. The van der Waals surface area contributed by atoms with Gasteiger partial charge in [-0.05, 0) is 24.3 Å². The maximum atomic E-state index is 12.0. The number of para-hydroxylation sites is 2. The third kappa shape index (κ3) is 1.55. The zero-order valence-corrected chi connectivity index (χ0v) is 9.48. The Morgan fingerprint density at radius 3 is 1.44 bits per heavy atom. The van der Waals surface area contributed by atoms with E-state index in [4.69, 9.17) is 0 Å². The van der Waals surface area contributed by atoms with E-state index in [1.54, 1.807) is 36.4 Å². The second-order valence-corrected chi connectivity index (χ2v) is 4.00. The Bertz CT molecular complexity index is 617. The molecule has 0 radical (unpaired) electrons. The summed E-state index contributed by atoms with van der Waals surface area (Å²) in [5.41, 5.74) is 2.14. The lowest BCUT2D eigenvalue weighted by Gasteiger charge is -2.08. The first kappa shape index (κ1) is 10.5. The van der Waals surface area contributed by atoms with Gasteiger partial charge in [0.15, 0.2) is 0 Å². The summed E-state index contributed by atoms with van der Waals surface area (Å²) < 4.78 is 0. The van der Waals surface area contributed by atoms with Crippen molar-refractivity contribution < 1.29 is 9.72 Å². The molecule has 3 rings (SSSR count). The summed E-state index contributed by atoms with van der Waals surface area (Å²) >= 11 is 0. The van der Waals surface area contributed by atoms with E-state index in [1.165, 1.54) is 0 Å². The zero-order valence-electron chi connectivity index (χ0n) is 9.48. The Morgan fingerprint density at radius 1 is 0.611 bits per heavy atom. The molecular formula is C14H10N2O2. The third-order valence-electron chi connectivity index (χ3n) is 2.89. The SMILES string of the molecule is [O-]/[N+]1=[N+](\[O-])c2ccccc2/C=C\c2ccccc21. The molecule has 0 aliphatic carbocycles. The van der Waals surface area contributed by atoms with Crippen molar-refractivity contribution in [3.63, 3.8) is 0 Å². The minimum Gasteiger partial charge on any atom is -0.561 e. The van der Waals surface area contributed by atoms with E-state index in [1.807, 2.05) is 24.3 Å². The van der Waals surface area contributed by atoms with E-state index in [2.05, 4.69) is 0 Å². The zero-order chi connectivity index (χ0) is 12.5. The molecule has 1 aliphatic heterocycles. The molecule has 4 nitrogen and oxygen atoms in total. The van der Waals surface area contributed by atoms with E-state index in [0.717, 1.165) is 11.1 Å². The van der Waals surface area contributed by atoms with Crippen LogP contribution in [0.1, 0.15) is 11.1 Å². The van der Waals surface area contributed by atoms with Crippen molar-refractivity contribution in [2.75, 3.05) is 0 Å². The van der Waals surface area contributed by atoms with Gasteiger partial charge in [0.2, 0.25) is 0 Å². The van der Waals surface area contributed by atoms with E-state index >= 15 is 0 Å². The van der Waals surface area contributed by atoms with Crippen LogP contribution in [0.3, 0.4) is 0 Å². The lowest BCUT2D eigenvalue weighted by Crippen LogP contribution is -2.11. The highest BCUT2D eigenvalue weighted by molar-refractivity contribution is 5.77. The average Bonchev–Trinajstić information content (AvgIpc) is 2.43. The largest absolute Gasteiger partial charge is 0.561 e. The molecule has 0 fully saturated rings. The lowest BCUT2D eigenvalue weighted by molar-refractivity contribution is -0.896. The van der Waals surface area contributed by atoms with Gasteiger partial charge in [-0.3, -0.25) is 0 Å². The minimum absolute atomic E-state index is 0.346. The van der Waals surface area contributed by atoms with Gasteiger partial charge in [-0.25, -0.2) is 0 Å². The van der Waals surface area contributed by atoms with E-state index in [0.29, 0.717) is 21.1 Å². The van der Waals surface area contributed by atoms with Crippen LogP contribution in [0.5, 0.6) is 0 Å². The van der Waals surface area contributed by atoms with E-state index in [9.17, 15) is 10.4 Å². The van der Waals surface area contributed by atoms with Crippen molar-refractivity contribution in [1.82, 2.24) is 0 Å². The molecular weight excluding hydrogens is 228 g/mol. The normalized spacial score (nSPS) is 19.3. The number of azo groups is 1. The minimum atomic E-state index is 0.346. The van der Waals surface area contributed by atoms with Gasteiger partial charge in [0, 0.05) is 12.1 Å². The molecule has 18 heavy (non-hydrogen) atoms. The van der Waals surface area contributed by atoms with Gasteiger partial charge in [-0.1, -0.05) is 24.3 Å². The molecule has 0 N–H and O–H groups in total. The van der Waals surface area contributed by atoms with Crippen LogP contribution >= 0.6 is 0 Å². The second kappa shape index (κ2) is 4.00. The summed E-state index contributed by atoms with van der Waals surface area (Å²) in [7, 11) is 0. The standard InChI is InChI=1S/C14H10N2O2/c17-15-13-7-3-1-5-11(13)9-10-12-6-2-4-8-14(12)16(15)18/h1-10H/b10-9-,11-9?,12-10?. The monoisotopic (exact) mass is 238 g/mol. The molecule has 88 valence electrons. The van der Waals surface area contributed by atoms with Crippen molar-refractivity contribution in [2.45, 2.75) is 0 Å². The van der Waals surface area contributed by atoms with Gasteiger partial charge < -0.3 is 10.4 Å². The van der Waals surface area contributed by atoms with Crippen LogP contribution in [0, 0.1) is 10.4 Å². The smallest absolute Gasteiger partial charge is 0.294 e. The van der Waals surface area contributed by atoms with Gasteiger partial charge in [-0.15, -0.1) is 0 Å². The first-order chi connectivity index (χ1) is 8.77. The van der Waals surface area contributed by atoms with Crippen LogP contribution in [-0.4, -0.2) is 9.72 Å². The molecule has 2 aromatic rings. The quantitative estimate of drug-likeness (QED) is 0.520. The van der Waals surface area contributed by atoms with Crippen LogP contribution in [-0.2, 0) is 0 Å². The van der Waals surface area contributed by atoms with E-state index in [-0.39, 0.29) is 0 Å². The Kier molecular flexibility index (Phi) is 2.34. The number of hydrogen-bond acceptors (Lipinski definition) is 2. The number of hydrogen-bond donors (Lipinski definition) is 0. The molecule has 0 bridgehead atoms. The molecule has 0 saturated heterocycles. The van der Waals surface area contributed by atoms with Crippen molar-refractivity contribution >= 4 is 23.5 Å². The summed E-state index contributed by atoms with van der Waals surface area (Å²) in [5.74, 6) is 0. The number of rotatable bonds is 0. The molecule has 0 unspecified atom stereocenters. The summed E-state index contributed by atoms with van der Waals surface area (Å²) in [4.78, 5) is 0.745. The van der Waals surface area contributed by atoms with Crippen LogP contribution in [0.15, 0.2) is 48.5 Å². The van der Waals surface area contributed by atoms with Crippen LogP contribution in [0.25, 0.3) is 12.2 Å². The lowest BCUT2D eigenvalue weighted by atomic mass is 10.1. The first-order valence-corrected chi connectivity index (χ1v) is 5.58. The topological polar surface area (TPSA) is 52.1 Å². The molecule has 1 aliphatic rings.